The van der Waals surface area contributed by atoms with Crippen LogP contribution in [0, 0.1) is 11.8 Å². The maximum Gasteiger partial charge on any atom is 0.266 e. The summed E-state index contributed by atoms with van der Waals surface area (Å²) in [6.07, 6.45) is 1.65. The summed E-state index contributed by atoms with van der Waals surface area (Å²) in [7, 11) is 0. The normalized spacial score (nSPS) is 17.4. The van der Waals surface area contributed by atoms with Gasteiger partial charge in [-0.1, -0.05) is 86.6 Å². The predicted molar refractivity (Wildman–Crippen MR) is 171 cm³/mol. The number of amides is 4. The molecule has 224 valence electrons. The fourth-order valence-electron chi connectivity index (χ4n) is 4.04. The first kappa shape index (κ1) is 32.2. The maximum absolute atomic E-state index is 13.2. The molecule has 2 saturated heterocycles. The number of hydrogen-bond acceptors (Lipinski definition) is 13. The van der Waals surface area contributed by atoms with E-state index in [1.165, 1.54) is 32.5 Å². The Morgan fingerprint density at radius 3 is 1.81 bits per heavy atom. The summed E-state index contributed by atoms with van der Waals surface area (Å²) in [4.78, 5) is 54.6. The third kappa shape index (κ3) is 8.21. The van der Waals surface area contributed by atoms with E-state index >= 15 is 0 Å². The van der Waals surface area contributed by atoms with Gasteiger partial charge in [-0.2, -0.15) is 0 Å². The second kappa shape index (κ2) is 14.2. The standard InChI is InChI=1S/C25H30N8O4S5/c1-12(2)9-17-28-30-23(40-17)26-15(34)5-7-32-19(38)11-14(21(32)36)20-22(37)33(25(39)42-20)8-6-16(35)27-24-31-29-18(41-24)10-13(3)4/h12-13H,5-11H2,1-4H3,(H,26,30,34)(H,27,31,35). The lowest BCUT2D eigenvalue weighted by molar-refractivity contribution is -0.125. The van der Waals surface area contributed by atoms with Crippen LogP contribution in [0.3, 0.4) is 0 Å². The minimum absolute atomic E-state index is 0.00189. The fraction of sp³-hybridized carbons (Fsp3) is 0.520. The SMILES string of the molecule is CC(C)Cc1nnc(NC(=O)CCN2C(=O)C(=C3SC(=S)N(CCC(=O)Nc4nnc(CC(C)C)s4)C3=O)CC2=S)s1. The molecule has 0 spiro atoms. The van der Waals surface area contributed by atoms with E-state index in [1.54, 1.807) is 0 Å². The molecule has 12 nitrogen and oxygen atoms in total. The topological polar surface area (TPSA) is 150 Å². The lowest BCUT2D eigenvalue weighted by Gasteiger charge is -2.15. The molecule has 17 heteroatoms. The smallest absolute Gasteiger partial charge is 0.266 e. The van der Waals surface area contributed by atoms with Gasteiger partial charge in [0.1, 0.15) is 14.3 Å². The Morgan fingerprint density at radius 2 is 1.31 bits per heavy atom. The van der Waals surface area contributed by atoms with E-state index in [9.17, 15) is 19.2 Å². The molecule has 4 heterocycles. The Kier molecular flexibility index (Phi) is 10.9. The first-order valence-electron chi connectivity index (χ1n) is 13.3. The van der Waals surface area contributed by atoms with Gasteiger partial charge in [-0.05, 0) is 11.8 Å². The van der Waals surface area contributed by atoms with E-state index in [0.717, 1.165) is 34.6 Å². The van der Waals surface area contributed by atoms with Crippen molar-refractivity contribution < 1.29 is 19.2 Å². The van der Waals surface area contributed by atoms with E-state index in [0.29, 0.717) is 27.1 Å². The van der Waals surface area contributed by atoms with E-state index in [1.807, 2.05) is 0 Å². The van der Waals surface area contributed by atoms with Crippen LogP contribution in [-0.4, -0.2) is 76.2 Å². The number of rotatable bonds is 12. The molecule has 2 aliphatic heterocycles. The highest BCUT2D eigenvalue weighted by molar-refractivity contribution is 8.26. The Balaban J connectivity index is 1.30. The zero-order valence-electron chi connectivity index (χ0n) is 23.5. The molecule has 4 amide bonds. The monoisotopic (exact) mass is 666 g/mol. The molecule has 0 saturated carbocycles. The van der Waals surface area contributed by atoms with Gasteiger partial charge in [0.2, 0.25) is 22.1 Å². The summed E-state index contributed by atoms with van der Waals surface area (Å²) < 4.78 is 0.260. The van der Waals surface area contributed by atoms with Crippen LogP contribution >= 0.6 is 58.9 Å². The quantitative estimate of drug-likeness (QED) is 0.251. The molecule has 2 fully saturated rings. The number of nitrogens with one attached hydrogen (secondary N) is 2. The van der Waals surface area contributed by atoms with Crippen LogP contribution in [0.4, 0.5) is 10.3 Å². The largest absolute Gasteiger partial charge is 0.302 e. The Labute approximate surface area is 266 Å². The van der Waals surface area contributed by atoms with Crippen molar-refractivity contribution in [1.29, 1.82) is 0 Å². The van der Waals surface area contributed by atoms with E-state index < -0.39 is 11.8 Å². The van der Waals surface area contributed by atoms with Crippen molar-refractivity contribution >= 4 is 102 Å². The summed E-state index contributed by atoms with van der Waals surface area (Å²) in [6, 6.07) is 0. The van der Waals surface area contributed by atoms with Crippen molar-refractivity contribution in [3.8, 4) is 0 Å². The van der Waals surface area contributed by atoms with Crippen LogP contribution in [-0.2, 0) is 32.0 Å². The number of thiocarbonyl (C=S) groups is 2. The van der Waals surface area contributed by atoms with E-state index in [4.69, 9.17) is 24.4 Å². The zero-order valence-corrected chi connectivity index (χ0v) is 27.5. The van der Waals surface area contributed by atoms with Gasteiger partial charge in [0.15, 0.2) is 0 Å². The van der Waals surface area contributed by atoms with Crippen LogP contribution in [0.5, 0.6) is 0 Å². The lowest BCUT2D eigenvalue weighted by atomic mass is 10.1. The Morgan fingerprint density at radius 1 is 0.810 bits per heavy atom. The van der Waals surface area contributed by atoms with Gasteiger partial charge in [0.25, 0.3) is 11.8 Å². The third-order valence-electron chi connectivity index (χ3n) is 5.97. The highest BCUT2D eigenvalue weighted by Gasteiger charge is 2.41. The number of carbonyl (C=O) groups is 4. The van der Waals surface area contributed by atoms with Gasteiger partial charge in [-0.15, -0.1) is 20.4 Å². The number of carbonyl (C=O) groups excluding carboxylic acids is 4. The molecular weight excluding hydrogens is 637 g/mol. The number of anilines is 2. The van der Waals surface area contributed by atoms with Crippen LogP contribution in [0.25, 0.3) is 0 Å². The van der Waals surface area contributed by atoms with Crippen molar-refractivity contribution in [3.05, 3.63) is 20.5 Å². The average Bonchev–Trinajstić information content (AvgIpc) is 3.65. The van der Waals surface area contributed by atoms with Crippen molar-refractivity contribution in [3.63, 3.8) is 0 Å². The van der Waals surface area contributed by atoms with Crippen molar-refractivity contribution in [1.82, 2.24) is 30.2 Å². The summed E-state index contributed by atoms with van der Waals surface area (Å²) in [6.45, 7) is 8.42. The number of nitrogens with zero attached hydrogens (tertiary/aromatic N) is 6. The van der Waals surface area contributed by atoms with Gasteiger partial charge in [0.05, 0.1) is 9.89 Å². The van der Waals surface area contributed by atoms with Gasteiger partial charge in [-0.3, -0.25) is 24.1 Å². The molecule has 0 bridgehead atoms. The zero-order chi connectivity index (χ0) is 30.6. The molecular formula is C25H30N8O4S5. The second-order valence-corrected chi connectivity index (χ2v) is 14.7. The van der Waals surface area contributed by atoms with Crippen LogP contribution < -0.4 is 10.6 Å². The van der Waals surface area contributed by atoms with Crippen molar-refractivity contribution in [2.24, 2.45) is 11.8 Å². The summed E-state index contributed by atoms with van der Waals surface area (Å²) in [5, 5.41) is 24.1. The van der Waals surface area contributed by atoms with Gasteiger partial charge in [0, 0.05) is 50.8 Å². The molecule has 2 N–H and O–H groups in total. The van der Waals surface area contributed by atoms with E-state index in [2.05, 4.69) is 58.7 Å². The molecule has 0 aliphatic carbocycles. The maximum atomic E-state index is 13.2. The van der Waals surface area contributed by atoms with Crippen LogP contribution in [0.15, 0.2) is 10.5 Å². The first-order valence-corrected chi connectivity index (χ1v) is 16.5. The molecule has 2 aromatic rings. The number of likely N-dealkylation sites (tertiary alicyclic amines) is 1. The second-order valence-electron chi connectivity index (χ2n) is 10.5. The summed E-state index contributed by atoms with van der Waals surface area (Å²) in [5.74, 6) is -0.654. The Hall–Kier alpha value is -2.73. The molecule has 0 atom stereocenters. The van der Waals surface area contributed by atoms with E-state index in [-0.39, 0.29) is 59.0 Å². The summed E-state index contributed by atoms with van der Waals surface area (Å²) in [5.41, 5.74) is 0.249. The van der Waals surface area contributed by atoms with Gasteiger partial charge in [-0.25, -0.2) is 0 Å². The predicted octanol–water partition coefficient (Wildman–Crippen LogP) is 3.82. The number of hydrogen-bond donors (Lipinski definition) is 2. The minimum atomic E-state index is -0.438. The fourth-order valence-corrected chi connectivity index (χ4v) is 7.66. The van der Waals surface area contributed by atoms with Crippen LogP contribution in [0.1, 0.15) is 57.0 Å². The molecule has 4 rings (SSSR count). The highest BCUT2D eigenvalue weighted by atomic mass is 32.2. The molecule has 0 radical (unpaired) electrons. The molecule has 2 aliphatic rings. The van der Waals surface area contributed by atoms with Gasteiger partial charge >= 0.3 is 0 Å². The average molecular weight is 667 g/mol. The minimum Gasteiger partial charge on any atom is -0.302 e. The molecule has 42 heavy (non-hydrogen) atoms. The number of aromatic nitrogens is 4. The molecule has 0 aromatic carbocycles. The molecule has 2 aromatic heterocycles. The van der Waals surface area contributed by atoms with Gasteiger partial charge < -0.3 is 15.5 Å². The van der Waals surface area contributed by atoms with Crippen LogP contribution in [0.2, 0.25) is 0 Å². The van der Waals surface area contributed by atoms with Crippen molar-refractivity contribution in [2.45, 2.75) is 59.8 Å². The molecule has 0 unspecified atom stereocenters. The highest BCUT2D eigenvalue weighted by Crippen LogP contribution is 2.37. The van der Waals surface area contributed by atoms with Crippen molar-refractivity contribution in [2.75, 3.05) is 23.7 Å². The third-order valence-corrected chi connectivity index (χ3v) is 9.55. The lowest BCUT2D eigenvalue weighted by Crippen LogP contribution is -2.33. The summed E-state index contributed by atoms with van der Waals surface area (Å²) >= 11 is 14.5. The first-order chi connectivity index (χ1) is 19.9. The number of thioether (sulfide) groups is 1. The Bertz CT molecular complexity index is 1340.